The summed E-state index contributed by atoms with van der Waals surface area (Å²) in [5.74, 6) is 0.565. The Morgan fingerprint density at radius 1 is 1.04 bits per heavy atom. The van der Waals surface area contributed by atoms with Crippen molar-refractivity contribution in [3.8, 4) is 11.5 Å². The van der Waals surface area contributed by atoms with Crippen LogP contribution in [0, 0.1) is 0 Å². The first-order valence-corrected chi connectivity index (χ1v) is 8.71. The molecule has 0 radical (unpaired) electrons. The highest BCUT2D eigenvalue weighted by Gasteiger charge is 2.24. The molecule has 2 aromatic rings. The van der Waals surface area contributed by atoms with Gasteiger partial charge in [0.2, 0.25) is 10.0 Å². The molecular formula is C16H15F2NO4S. The van der Waals surface area contributed by atoms with Crippen LogP contribution in [0.25, 0.3) is 0 Å². The quantitative estimate of drug-likeness (QED) is 0.896. The van der Waals surface area contributed by atoms with Gasteiger partial charge in [0, 0.05) is 12.1 Å². The van der Waals surface area contributed by atoms with Crippen LogP contribution in [0.2, 0.25) is 0 Å². The van der Waals surface area contributed by atoms with E-state index in [2.05, 4.69) is 4.72 Å². The summed E-state index contributed by atoms with van der Waals surface area (Å²) in [6.45, 7) is 0.616. The maximum absolute atomic E-state index is 12.5. The fraction of sp³-hybridized carbons (Fsp3) is 0.250. The van der Waals surface area contributed by atoms with Crippen LogP contribution in [0.3, 0.4) is 0 Å². The van der Waals surface area contributed by atoms with Gasteiger partial charge >= 0.3 is 0 Å². The molecule has 2 aromatic carbocycles. The Morgan fingerprint density at radius 3 is 2.46 bits per heavy atom. The second-order valence-corrected chi connectivity index (χ2v) is 6.88. The lowest BCUT2D eigenvalue weighted by Crippen LogP contribution is -2.25. The first-order valence-electron chi connectivity index (χ1n) is 7.22. The minimum absolute atomic E-state index is 0.0103. The summed E-state index contributed by atoms with van der Waals surface area (Å²) in [7, 11) is -3.83. The summed E-state index contributed by atoms with van der Waals surface area (Å²) in [4.78, 5) is -0.0103. The lowest BCUT2D eigenvalue weighted by Gasteiger charge is -2.20. The lowest BCUT2D eigenvalue weighted by atomic mass is 10.1. The second kappa shape index (κ2) is 6.74. The van der Waals surface area contributed by atoms with Crippen molar-refractivity contribution in [3.63, 3.8) is 0 Å². The van der Waals surface area contributed by atoms with Crippen LogP contribution in [0.1, 0.15) is 17.6 Å². The molecule has 0 amide bonds. The summed E-state index contributed by atoms with van der Waals surface area (Å²) in [5, 5.41) is 0. The largest absolute Gasteiger partial charge is 0.486 e. The molecule has 5 nitrogen and oxygen atoms in total. The maximum atomic E-state index is 12.5. The molecular weight excluding hydrogens is 340 g/mol. The topological polar surface area (TPSA) is 64.6 Å². The van der Waals surface area contributed by atoms with Gasteiger partial charge in [0.1, 0.15) is 18.1 Å². The first kappa shape index (κ1) is 16.7. The van der Waals surface area contributed by atoms with Crippen LogP contribution in [0.15, 0.2) is 47.4 Å². The molecule has 0 aromatic heterocycles. The lowest BCUT2D eigenvalue weighted by molar-refractivity contribution is 0.151. The first-order chi connectivity index (χ1) is 11.5. The molecule has 3 rings (SSSR count). The van der Waals surface area contributed by atoms with E-state index in [9.17, 15) is 17.2 Å². The third kappa shape index (κ3) is 3.49. The second-order valence-electron chi connectivity index (χ2n) is 5.15. The minimum atomic E-state index is -3.83. The number of para-hydroxylation sites is 1. The molecule has 0 bridgehead atoms. The van der Waals surface area contributed by atoms with Crippen LogP contribution >= 0.6 is 0 Å². The van der Waals surface area contributed by atoms with E-state index in [1.165, 1.54) is 30.3 Å². The maximum Gasteiger partial charge on any atom is 0.263 e. The fourth-order valence-corrected chi connectivity index (χ4v) is 3.47. The van der Waals surface area contributed by atoms with Gasteiger partial charge in [-0.2, -0.15) is 0 Å². The standard InChI is InChI=1S/C16H15F2NO4S/c17-16(18)12-6-4-11(5-7-12)10-19-24(20,21)14-3-1-2-13-15(14)23-9-8-22-13/h1-7,16,19H,8-10H2. The molecule has 24 heavy (non-hydrogen) atoms. The zero-order chi connectivity index (χ0) is 17.2. The highest BCUT2D eigenvalue weighted by molar-refractivity contribution is 7.89. The number of fused-ring (bicyclic) bond motifs is 1. The third-order valence-corrected chi connectivity index (χ3v) is 4.94. The molecule has 1 aliphatic heterocycles. The van der Waals surface area contributed by atoms with E-state index in [1.54, 1.807) is 12.1 Å². The molecule has 0 spiro atoms. The summed E-state index contributed by atoms with van der Waals surface area (Å²) in [5.41, 5.74) is 0.467. The van der Waals surface area contributed by atoms with E-state index >= 15 is 0 Å². The summed E-state index contributed by atoms with van der Waals surface area (Å²) in [6, 6.07) is 10.1. The van der Waals surface area contributed by atoms with Crippen LogP contribution < -0.4 is 14.2 Å². The molecule has 1 N–H and O–H groups in total. The van der Waals surface area contributed by atoms with E-state index in [-0.39, 0.29) is 29.4 Å². The van der Waals surface area contributed by atoms with Crippen LogP contribution in [-0.4, -0.2) is 21.6 Å². The van der Waals surface area contributed by atoms with Gasteiger partial charge < -0.3 is 9.47 Å². The molecule has 0 saturated heterocycles. The monoisotopic (exact) mass is 355 g/mol. The Bertz CT molecular complexity index is 822. The van der Waals surface area contributed by atoms with Gasteiger partial charge in [-0.1, -0.05) is 30.3 Å². The smallest absolute Gasteiger partial charge is 0.263 e. The van der Waals surface area contributed by atoms with E-state index in [4.69, 9.17) is 9.47 Å². The number of benzene rings is 2. The fourth-order valence-electron chi connectivity index (χ4n) is 2.30. The number of alkyl halides is 2. The third-order valence-electron chi connectivity index (χ3n) is 3.52. The van der Waals surface area contributed by atoms with Gasteiger partial charge in [-0.15, -0.1) is 0 Å². The van der Waals surface area contributed by atoms with Crippen molar-refractivity contribution in [1.82, 2.24) is 4.72 Å². The predicted molar refractivity (Wildman–Crippen MR) is 82.9 cm³/mol. The molecule has 1 heterocycles. The average molecular weight is 355 g/mol. The molecule has 0 aliphatic carbocycles. The van der Waals surface area contributed by atoms with Crippen molar-refractivity contribution >= 4 is 10.0 Å². The average Bonchev–Trinajstić information content (AvgIpc) is 2.60. The molecule has 0 saturated carbocycles. The molecule has 1 aliphatic rings. The SMILES string of the molecule is O=S(=O)(NCc1ccc(C(F)F)cc1)c1cccc2c1OCCO2. The highest BCUT2D eigenvalue weighted by atomic mass is 32.2. The molecule has 0 fully saturated rings. The van der Waals surface area contributed by atoms with Gasteiger partial charge in [0.15, 0.2) is 11.5 Å². The zero-order valence-electron chi connectivity index (χ0n) is 12.5. The van der Waals surface area contributed by atoms with Crippen molar-refractivity contribution < 1.29 is 26.7 Å². The van der Waals surface area contributed by atoms with Crippen LogP contribution in [-0.2, 0) is 16.6 Å². The molecule has 0 unspecified atom stereocenters. The van der Waals surface area contributed by atoms with Gasteiger partial charge in [0.25, 0.3) is 6.43 Å². The van der Waals surface area contributed by atoms with Gasteiger partial charge in [-0.3, -0.25) is 0 Å². The predicted octanol–water partition coefficient (Wildman–Crippen LogP) is 2.87. The Balaban J connectivity index is 1.77. The molecule has 8 heteroatoms. The normalized spacial score (nSPS) is 14.0. The minimum Gasteiger partial charge on any atom is -0.486 e. The number of rotatable bonds is 5. The van der Waals surface area contributed by atoms with E-state index < -0.39 is 16.4 Å². The summed E-state index contributed by atoms with van der Waals surface area (Å²) >= 11 is 0. The van der Waals surface area contributed by atoms with Crippen molar-refractivity contribution in [1.29, 1.82) is 0 Å². The van der Waals surface area contributed by atoms with Crippen molar-refractivity contribution in [2.45, 2.75) is 17.9 Å². The Morgan fingerprint density at radius 2 is 1.75 bits per heavy atom. The Kier molecular flexibility index (Phi) is 4.68. The Labute approximate surface area is 138 Å². The molecule has 0 atom stereocenters. The van der Waals surface area contributed by atoms with Crippen molar-refractivity contribution in [2.75, 3.05) is 13.2 Å². The number of hydrogen-bond acceptors (Lipinski definition) is 4. The van der Waals surface area contributed by atoms with Crippen molar-refractivity contribution in [2.24, 2.45) is 0 Å². The molecule has 128 valence electrons. The number of sulfonamides is 1. The number of hydrogen-bond donors (Lipinski definition) is 1. The highest BCUT2D eigenvalue weighted by Crippen LogP contribution is 2.36. The summed E-state index contributed by atoms with van der Waals surface area (Å²) in [6.07, 6.45) is -2.55. The van der Waals surface area contributed by atoms with Gasteiger partial charge in [0.05, 0.1) is 0 Å². The van der Waals surface area contributed by atoms with E-state index in [1.807, 2.05) is 0 Å². The number of ether oxygens (including phenoxy) is 2. The number of nitrogens with one attached hydrogen (secondary N) is 1. The number of halogens is 2. The Hall–Kier alpha value is -2.19. The summed E-state index contributed by atoms with van der Waals surface area (Å²) < 4.78 is 63.2. The van der Waals surface area contributed by atoms with Crippen molar-refractivity contribution in [3.05, 3.63) is 53.6 Å². The van der Waals surface area contributed by atoms with Gasteiger partial charge in [-0.25, -0.2) is 21.9 Å². The van der Waals surface area contributed by atoms with Crippen LogP contribution in [0.4, 0.5) is 8.78 Å². The van der Waals surface area contributed by atoms with Crippen LogP contribution in [0.5, 0.6) is 11.5 Å². The zero-order valence-corrected chi connectivity index (χ0v) is 13.4. The van der Waals surface area contributed by atoms with E-state index in [0.717, 1.165) is 0 Å². The van der Waals surface area contributed by atoms with E-state index in [0.29, 0.717) is 17.9 Å². The van der Waals surface area contributed by atoms with Gasteiger partial charge in [-0.05, 0) is 17.7 Å².